The zero-order valence-electron chi connectivity index (χ0n) is 34.3. The van der Waals surface area contributed by atoms with E-state index >= 15 is 0 Å². The number of rotatable bonds is 28. The standard InChI is InChI=1S/C40H57Cl2N7O10S2/c1-49-29-36(35-27-32(41)28-38(42)37(35)30-49)31-8-7-11-34(26-31)61(54,55)48-17-21-59-25-23-57-19-15-46-40(51)44-13-6-5-12-43-39(50)45-14-18-56-22-24-58-20-16-47-60(52,53)33-9-3-2-4-10-33/h2-4,7-11,26-28,36,47-48H,5-6,12-25,29-30H2,1H3,(H2,43,45,50)(H2,44,46,51)/t36-/m0/s1. The Morgan fingerprint density at radius 1 is 0.623 bits per heavy atom. The minimum absolute atomic E-state index is 0.0843. The number of likely N-dealkylation sites (N-methyl/N-ethyl adjacent to an activating group) is 1. The molecule has 21 heteroatoms. The molecule has 1 atom stereocenters. The van der Waals surface area contributed by atoms with Crippen molar-refractivity contribution in [2.75, 3.05) is 106 Å². The van der Waals surface area contributed by atoms with Crippen LogP contribution in [0.5, 0.6) is 0 Å². The van der Waals surface area contributed by atoms with Crippen molar-refractivity contribution in [3.63, 3.8) is 0 Å². The average molecular weight is 931 g/mol. The third-order valence-electron chi connectivity index (χ3n) is 9.18. The topological polar surface area (TPSA) is 215 Å². The van der Waals surface area contributed by atoms with E-state index < -0.39 is 20.0 Å². The van der Waals surface area contributed by atoms with Gasteiger partial charge < -0.3 is 45.1 Å². The second-order valence-electron chi connectivity index (χ2n) is 13.9. The van der Waals surface area contributed by atoms with Crippen LogP contribution < -0.4 is 30.7 Å². The molecule has 3 aromatic rings. The van der Waals surface area contributed by atoms with Crippen LogP contribution in [0.3, 0.4) is 0 Å². The molecule has 4 rings (SSSR count). The summed E-state index contributed by atoms with van der Waals surface area (Å²) in [7, 11) is -5.34. The molecule has 61 heavy (non-hydrogen) atoms. The Bertz CT molecular complexity index is 2040. The molecule has 0 fully saturated rings. The summed E-state index contributed by atoms with van der Waals surface area (Å²) in [5.74, 6) is -0.0895. The number of benzene rings is 3. The van der Waals surface area contributed by atoms with Gasteiger partial charge in [0, 0.05) is 68.3 Å². The van der Waals surface area contributed by atoms with Crippen molar-refractivity contribution in [1.29, 1.82) is 0 Å². The number of unbranched alkanes of at least 4 members (excludes halogenated alkanes) is 1. The molecule has 0 aliphatic carbocycles. The summed E-state index contributed by atoms with van der Waals surface area (Å²) in [6.07, 6.45) is 1.33. The number of carbonyl (C=O) groups excluding carboxylic acids is 2. The highest BCUT2D eigenvalue weighted by molar-refractivity contribution is 7.89. The molecule has 3 aromatic carbocycles. The average Bonchev–Trinajstić information content (AvgIpc) is 3.23. The number of carbonyl (C=O) groups is 2. The summed E-state index contributed by atoms with van der Waals surface area (Å²) in [4.78, 5) is 26.4. The maximum atomic E-state index is 13.1. The Morgan fingerprint density at radius 2 is 1.11 bits per heavy atom. The molecule has 0 spiro atoms. The van der Waals surface area contributed by atoms with Gasteiger partial charge in [-0.25, -0.2) is 35.9 Å². The minimum atomic E-state index is -3.78. The van der Waals surface area contributed by atoms with Crippen molar-refractivity contribution in [2.24, 2.45) is 0 Å². The van der Waals surface area contributed by atoms with E-state index in [9.17, 15) is 26.4 Å². The van der Waals surface area contributed by atoms with Crippen molar-refractivity contribution in [3.05, 3.63) is 93.5 Å². The van der Waals surface area contributed by atoms with E-state index in [1.807, 2.05) is 19.2 Å². The molecule has 1 heterocycles. The molecular weight excluding hydrogens is 874 g/mol. The number of hydrogen-bond acceptors (Lipinski definition) is 11. The van der Waals surface area contributed by atoms with E-state index in [4.69, 9.17) is 42.1 Å². The van der Waals surface area contributed by atoms with E-state index in [0.717, 1.165) is 16.7 Å². The molecule has 0 aromatic heterocycles. The first kappa shape index (κ1) is 50.0. The van der Waals surface area contributed by atoms with Crippen LogP contribution in [0.1, 0.15) is 35.4 Å². The molecule has 0 bridgehead atoms. The number of sulfonamides is 2. The SMILES string of the molecule is CN1Cc2c(Cl)cc(Cl)cc2[C@H](c2cccc(S(=O)(=O)NCCOCCOCCNC(=O)NCCCCNC(=O)NCCOCCOCCNS(=O)(=O)c3ccccc3)c2)C1. The van der Waals surface area contributed by atoms with Gasteiger partial charge in [0.15, 0.2) is 0 Å². The molecule has 4 amide bonds. The van der Waals surface area contributed by atoms with Crippen molar-refractivity contribution >= 4 is 55.3 Å². The number of fused-ring (bicyclic) bond motifs is 1. The van der Waals surface area contributed by atoms with Gasteiger partial charge in [0.05, 0.1) is 62.6 Å². The van der Waals surface area contributed by atoms with Gasteiger partial charge in [0.2, 0.25) is 20.0 Å². The maximum Gasteiger partial charge on any atom is 0.314 e. The number of ether oxygens (including phenoxy) is 4. The smallest absolute Gasteiger partial charge is 0.314 e. The van der Waals surface area contributed by atoms with E-state index in [1.54, 1.807) is 42.5 Å². The Balaban J connectivity index is 0.918. The lowest BCUT2D eigenvalue weighted by Gasteiger charge is -2.33. The molecule has 338 valence electrons. The summed E-state index contributed by atoms with van der Waals surface area (Å²) in [5.41, 5.74) is 2.84. The molecule has 0 saturated heterocycles. The molecule has 1 aliphatic heterocycles. The first-order valence-corrected chi connectivity index (χ1v) is 23.7. The Kier molecular flexibility index (Phi) is 22.0. The normalized spacial score (nSPS) is 14.3. The molecule has 0 unspecified atom stereocenters. The minimum Gasteiger partial charge on any atom is -0.378 e. The Morgan fingerprint density at radius 3 is 1.67 bits per heavy atom. The zero-order chi connectivity index (χ0) is 43.9. The van der Waals surface area contributed by atoms with Gasteiger partial charge in [0.1, 0.15) is 0 Å². The lowest BCUT2D eigenvalue weighted by atomic mass is 9.85. The summed E-state index contributed by atoms with van der Waals surface area (Å²) in [6, 6.07) is 18.0. The number of amides is 4. The van der Waals surface area contributed by atoms with Crippen LogP contribution in [0.25, 0.3) is 0 Å². The van der Waals surface area contributed by atoms with Crippen LogP contribution in [0, 0.1) is 0 Å². The van der Waals surface area contributed by atoms with Crippen LogP contribution in [-0.4, -0.2) is 140 Å². The number of urea groups is 2. The van der Waals surface area contributed by atoms with E-state index in [-0.39, 0.29) is 80.5 Å². The van der Waals surface area contributed by atoms with Crippen LogP contribution >= 0.6 is 23.2 Å². The van der Waals surface area contributed by atoms with Crippen molar-refractivity contribution in [2.45, 2.75) is 35.1 Å². The van der Waals surface area contributed by atoms with Crippen LogP contribution in [0.15, 0.2) is 76.5 Å². The zero-order valence-corrected chi connectivity index (χ0v) is 37.4. The lowest BCUT2D eigenvalue weighted by molar-refractivity contribution is 0.0516. The summed E-state index contributed by atoms with van der Waals surface area (Å²) in [6.45, 7) is 5.13. The fourth-order valence-electron chi connectivity index (χ4n) is 6.19. The van der Waals surface area contributed by atoms with Gasteiger partial charge in [-0.05, 0) is 73.0 Å². The summed E-state index contributed by atoms with van der Waals surface area (Å²) >= 11 is 12.8. The largest absolute Gasteiger partial charge is 0.378 e. The molecule has 0 saturated carbocycles. The van der Waals surface area contributed by atoms with Gasteiger partial charge in [-0.3, -0.25) is 0 Å². The fraction of sp³-hybridized carbons (Fsp3) is 0.500. The van der Waals surface area contributed by atoms with Crippen LogP contribution in [0.2, 0.25) is 10.0 Å². The highest BCUT2D eigenvalue weighted by Crippen LogP contribution is 2.38. The number of hydrogen-bond donors (Lipinski definition) is 6. The van der Waals surface area contributed by atoms with E-state index in [0.29, 0.717) is 75.4 Å². The molecule has 0 radical (unpaired) electrons. The van der Waals surface area contributed by atoms with Crippen LogP contribution in [0.4, 0.5) is 9.59 Å². The molecular formula is C40H57Cl2N7O10S2. The third kappa shape index (κ3) is 18.3. The predicted octanol–water partition coefficient (Wildman–Crippen LogP) is 3.27. The number of nitrogens with zero attached hydrogens (tertiary/aromatic N) is 1. The maximum absolute atomic E-state index is 13.1. The fourth-order valence-corrected chi connectivity index (χ4v) is 8.86. The Labute approximate surface area is 369 Å². The first-order chi connectivity index (χ1) is 29.4. The van der Waals surface area contributed by atoms with Gasteiger partial charge >= 0.3 is 12.1 Å². The van der Waals surface area contributed by atoms with Gasteiger partial charge in [0.25, 0.3) is 0 Å². The monoisotopic (exact) mass is 929 g/mol. The van der Waals surface area contributed by atoms with Gasteiger partial charge in [-0.1, -0.05) is 53.5 Å². The van der Waals surface area contributed by atoms with Gasteiger partial charge in [-0.2, -0.15) is 0 Å². The summed E-state index contributed by atoms with van der Waals surface area (Å²) < 4.78 is 77.3. The second-order valence-corrected chi connectivity index (χ2v) is 18.3. The van der Waals surface area contributed by atoms with Crippen molar-refractivity contribution in [1.82, 2.24) is 35.6 Å². The first-order valence-electron chi connectivity index (χ1n) is 20.0. The lowest BCUT2D eigenvalue weighted by Crippen LogP contribution is -2.39. The quantitative estimate of drug-likeness (QED) is 0.0582. The number of nitrogens with one attached hydrogen (secondary N) is 6. The molecule has 1 aliphatic rings. The van der Waals surface area contributed by atoms with Crippen LogP contribution in [-0.2, 0) is 45.5 Å². The molecule has 17 nitrogen and oxygen atoms in total. The number of halogens is 2. The van der Waals surface area contributed by atoms with Gasteiger partial charge in [-0.15, -0.1) is 0 Å². The summed E-state index contributed by atoms with van der Waals surface area (Å²) in [5, 5.41) is 12.0. The highest BCUT2D eigenvalue weighted by atomic mass is 35.5. The predicted molar refractivity (Wildman–Crippen MR) is 233 cm³/mol. The van der Waals surface area contributed by atoms with Crippen molar-refractivity contribution < 1.29 is 45.4 Å². The second kappa shape index (κ2) is 26.8. The Hall–Kier alpha value is -3.60. The third-order valence-corrected chi connectivity index (χ3v) is 12.7. The van der Waals surface area contributed by atoms with Crippen molar-refractivity contribution in [3.8, 4) is 0 Å². The van der Waals surface area contributed by atoms with E-state index in [1.165, 1.54) is 12.1 Å². The molecule has 6 N–H and O–H groups in total. The van der Waals surface area contributed by atoms with E-state index in [2.05, 4.69) is 35.6 Å². The highest BCUT2D eigenvalue weighted by Gasteiger charge is 2.28.